The van der Waals surface area contributed by atoms with E-state index in [2.05, 4.69) is 15.3 Å². The van der Waals surface area contributed by atoms with Crippen LogP contribution < -0.4 is 5.32 Å². The van der Waals surface area contributed by atoms with Crippen LogP contribution in [0.25, 0.3) is 11.0 Å². The van der Waals surface area contributed by atoms with E-state index in [0.717, 1.165) is 11.3 Å². The van der Waals surface area contributed by atoms with Gasteiger partial charge in [0.2, 0.25) is 0 Å². The first-order valence-corrected chi connectivity index (χ1v) is 4.50. The van der Waals surface area contributed by atoms with Crippen LogP contribution >= 0.6 is 0 Å². The second-order valence-corrected chi connectivity index (χ2v) is 3.33. The number of aromatic amines is 1. The van der Waals surface area contributed by atoms with Gasteiger partial charge in [-0.05, 0) is 25.6 Å². The van der Waals surface area contributed by atoms with Crippen molar-refractivity contribution in [2.75, 3.05) is 7.05 Å². The lowest BCUT2D eigenvalue weighted by Gasteiger charge is -1.93. The third-order valence-corrected chi connectivity index (χ3v) is 2.16. The van der Waals surface area contributed by atoms with Gasteiger partial charge in [-0.2, -0.15) is 0 Å². The van der Waals surface area contributed by atoms with E-state index in [9.17, 15) is 4.39 Å². The molecule has 0 saturated carbocycles. The first kappa shape index (κ1) is 9.15. The lowest BCUT2D eigenvalue weighted by molar-refractivity contribution is 0.620. The molecule has 0 spiro atoms. The molecular weight excluding hydrogens is 181 g/mol. The number of hydrogen-bond acceptors (Lipinski definition) is 2. The Balaban J connectivity index is 2.54. The Kier molecular flexibility index (Phi) is 2.21. The Bertz CT molecular complexity index is 423. The Labute approximate surface area is 81.4 Å². The van der Waals surface area contributed by atoms with Crippen molar-refractivity contribution in [2.24, 2.45) is 0 Å². The van der Waals surface area contributed by atoms with Crippen LogP contribution in [0.1, 0.15) is 11.4 Å². The van der Waals surface area contributed by atoms with Crippen LogP contribution in [0.15, 0.2) is 12.1 Å². The molecule has 0 aliphatic rings. The van der Waals surface area contributed by atoms with Gasteiger partial charge in [0.15, 0.2) is 0 Å². The number of hydrogen-bond donors (Lipinski definition) is 2. The van der Waals surface area contributed by atoms with E-state index in [1.54, 1.807) is 13.0 Å². The summed E-state index contributed by atoms with van der Waals surface area (Å²) in [4.78, 5) is 7.37. The topological polar surface area (TPSA) is 40.7 Å². The van der Waals surface area contributed by atoms with Gasteiger partial charge in [0, 0.05) is 6.07 Å². The minimum atomic E-state index is -0.208. The zero-order valence-corrected chi connectivity index (χ0v) is 8.19. The number of nitrogens with one attached hydrogen (secondary N) is 2. The molecule has 0 bridgehead atoms. The third kappa shape index (κ3) is 1.48. The van der Waals surface area contributed by atoms with Crippen LogP contribution in [0.2, 0.25) is 0 Å². The summed E-state index contributed by atoms with van der Waals surface area (Å²) in [6.45, 7) is 2.41. The molecule has 1 aromatic heterocycles. The van der Waals surface area contributed by atoms with Crippen LogP contribution in [-0.2, 0) is 6.54 Å². The summed E-state index contributed by atoms with van der Waals surface area (Å²) in [5.41, 5.74) is 2.20. The first-order chi connectivity index (χ1) is 6.70. The molecule has 0 unspecified atom stereocenters. The van der Waals surface area contributed by atoms with Crippen molar-refractivity contribution in [3.63, 3.8) is 0 Å². The summed E-state index contributed by atoms with van der Waals surface area (Å²) in [6.07, 6.45) is 0. The maximum atomic E-state index is 13.2. The summed E-state index contributed by atoms with van der Waals surface area (Å²) in [5, 5.41) is 2.99. The van der Waals surface area contributed by atoms with Crippen LogP contribution in [-0.4, -0.2) is 17.0 Å². The van der Waals surface area contributed by atoms with Crippen molar-refractivity contribution in [1.82, 2.24) is 15.3 Å². The number of benzene rings is 1. The molecule has 2 aromatic rings. The summed E-state index contributed by atoms with van der Waals surface area (Å²) >= 11 is 0. The van der Waals surface area contributed by atoms with Crippen LogP contribution in [0, 0.1) is 12.7 Å². The van der Waals surface area contributed by atoms with Gasteiger partial charge in [0.1, 0.15) is 11.6 Å². The first-order valence-electron chi connectivity index (χ1n) is 4.50. The average molecular weight is 193 g/mol. The van der Waals surface area contributed by atoms with Gasteiger partial charge >= 0.3 is 0 Å². The molecule has 0 saturated heterocycles. The molecule has 2 rings (SSSR count). The van der Waals surface area contributed by atoms with Crippen molar-refractivity contribution in [3.8, 4) is 0 Å². The zero-order chi connectivity index (χ0) is 10.1. The molecule has 74 valence electrons. The standard InChI is InChI=1S/C10H12FN3/c1-6-3-8-9(4-7(6)11)14-10(13-8)5-12-2/h3-4,12H,5H2,1-2H3,(H,13,14). The molecule has 0 fully saturated rings. The SMILES string of the molecule is CNCc1nc2cc(F)c(C)cc2[nH]1. The molecule has 0 atom stereocenters. The van der Waals surface area contributed by atoms with Crippen LogP contribution in [0.5, 0.6) is 0 Å². The van der Waals surface area contributed by atoms with E-state index in [4.69, 9.17) is 0 Å². The molecule has 0 aliphatic heterocycles. The number of halogens is 1. The van der Waals surface area contributed by atoms with E-state index >= 15 is 0 Å². The largest absolute Gasteiger partial charge is 0.341 e. The minimum Gasteiger partial charge on any atom is -0.341 e. The molecule has 1 aromatic carbocycles. The van der Waals surface area contributed by atoms with E-state index < -0.39 is 0 Å². The third-order valence-electron chi connectivity index (χ3n) is 2.16. The smallest absolute Gasteiger partial charge is 0.128 e. The van der Waals surface area contributed by atoms with Gasteiger partial charge < -0.3 is 10.3 Å². The van der Waals surface area contributed by atoms with Gasteiger partial charge in [-0.3, -0.25) is 0 Å². The van der Waals surface area contributed by atoms with Gasteiger partial charge in [-0.1, -0.05) is 0 Å². The van der Waals surface area contributed by atoms with E-state index in [1.165, 1.54) is 6.07 Å². The lowest BCUT2D eigenvalue weighted by Crippen LogP contribution is -2.06. The highest BCUT2D eigenvalue weighted by atomic mass is 19.1. The van der Waals surface area contributed by atoms with Crippen LogP contribution in [0.4, 0.5) is 4.39 Å². The summed E-state index contributed by atoms with van der Waals surface area (Å²) in [7, 11) is 1.85. The fraction of sp³-hybridized carbons (Fsp3) is 0.300. The molecule has 14 heavy (non-hydrogen) atoms. The molecule has 3 nitrogen and oxygen atoms in total. The van der Waals surface area contributed by atoms with Gasteiger partial charge in [-0.25, -0.2) is 9.37 Å². The molecule has 0 radical (unpaired) electrons. The molecule has 4 heteroatoms. The van der Waals surface area contributed by atoms with Crippen molar-refractivity contribution in [1.29, 1.82) is 0 Å². The number of aryl methyl sites for hydroxylation is 1. The molecular formula is C10H12FN3. The highest BCUT2D eigenvalue weighted by Gasteiger charge is 2.05. The second-order valence-electron chi connectivity index (χ2n) is 3.33. The van der Waals surface area contributed by atoms with E-state index in [0.29, 0.717) is 17.6 Å². The van der Waals surface area contributed by atoms with Crippen molar-refractivity contribution in [3.05, 3.63) is 29.3 Å². The highest BCUT2D eigenvalue weighted by molar-refractivity contribution is 5.76. The number of nitrogens with zero attached hydrogens (tertiary/aromatic N) is 1. The molecule has 2 N–H and O–H groups in total. The molecule has 0 amide bonds. The monoisotopic (exact) mass is 193 g/mol. The Morgan fingerprint density at radius 2 is 2.29 bits per heavy atom. The van der Waals surface area contributed by atoms with Gasteiger partial charge in [0.05, 0.1) is 17.6 Å². The maximum Gasteiger partial charge on any atom is 0.128 e. The van der Waals surface area contributed by atoms with Gasteiger partial charge in [0.25, 0.3) is 0 Å². The average Bonchev–Trinajstić information content (AvgIpc) is 2.48. The second kappa shape index (κ2) is 3.38. The number of aromatic nitrogens is 2. The van der Waals surface area contributed by atoms with Crippen LogP contribution in [0.3, 0.4) is 0 Å². The Morgan fingerprint density at radius 3 is 3.00 bits per heavy atom. The summed E-state index contributed by atoms with van der Waals surface area (Å²) < 4.78 is 13.2. The maximum absolute atomic E-state index is 13.2. The normalized spacial score (nSPS) is 11.1. The lowest BCUT2D eigenvalue weighted by atomic mass is 10.2. The summed E-state index contributed by atoms with van der Waals surface area (Å²) in [5.74, 6) is 0.618. The fourth-order valence-corrected chi connectivity index (χ4v) is 1.44. The number of H-pyrrole nitrogens is 1. The molecule has 1 heterocycles. The predicted molar refractivity (Wildman–Crippen MR) is 53.6 cm³/mol. The highest BCUT2D eigenvalue weighted by Crippen LogP contribution is 2.16. The van der Waals surface area contributed by atoms with Crippen molar-refractivity contribution >= 4 is 11.0 Å². The number of imidazole rings is 1. The number of fused-ring (bicyclic) bond motifs is 1. The van der Waals surface area contributed by atoms with E-state index in [-0.39, 0.29) is 5.82 Å². The van der Waals surface area contributed by atoms with Gasteiger partial charge in [-0.15, -0.1) is 0 Å². The predicted octanol–water partition coefficient (Wildman–Crippen LogP) is 1.73. The number of rotatable bonds is 2. The fourth-order valence-electron chi connectivity index (χ4n) is 1.44. The summed E-state index contributed by atoms with van der Waals surface area (Å²) in [6, 6.07) is 3.23. The van der Waals surface area contributed by atoms with E-state index in [1.807, 2.05) is 7.05 Å². The van der Waals surface area contributed by atoms with Crippen molar-refractivity contribution in [2.45, 2.75) is 13.5 Å². The van der Waals surface area contributed by atoms with Crippen molar-refractivity contribution < 1.29 is 4.39 Å². The quantitative estimate of drug-likeness (QED) is 0.762. The Hall–Kier alpha value is -1.42. The zero-order valence-electron chi connectivity index (χ0n) is 8.19. The minimum absolute atomic E-state index is 0.208. The Morgan fingerprint density at radius 1 is 1.50 bits per heavy atom. The molecule has 0 aliphatic carbocycles.